The Bertz CT molecular complexity index is 1030. The minimum atomic E-state index is -1.30. The average Bonchev–Trinajstić information content (AvgIpc) is 2.95. The van der Waals surface area contributed by atoms with Gasteiger partial charge in [0.05, 0.1) is 5.69 Å². The number of carbonyl (C=O) groups is 2. The highest BCUT2D eigenvalue weighted by molar-refractivity contribution is 6.01. The van der Waals surface area contributed by atoms with Gasteiger partial charge in [-0.2, -0.15) is 5.26 Å². The molecule has 0 saturated heterocycles. The monoisotopic (exact) mass is 415 g/mol. The SMILES string of the molecule is CCCn1c(C)cc(/C=C(\C#N)C(=O)O[C@@H](C)C(=O)Nc2ccc(F)cc2F)c1C. The summed E-state index contributed by atoms with van der Waals surface area (Å²) in [7, 11) is 0. The molecule has 6 nitrogen and oxygen atoms in total. The van der Waals surface area contributed by atoms with Gasteiger partial charge in [-0.3, -0.25) is 4.79 Å². The molecule has 0 aliphatic heterocycles. The molecule has 1 amide bonds. The molecule has 0 spiro atoms. The number of benzene rings is 1. The lowest BCUT2D eigenvalue weighted by Gasteiger charge is -2.13. The zero-order valence-electron chi connectivity index (χ0n) is 17.3. The first kappa shape index (κ1) is 22.8. The van der Waals surface area contributed by atoms with Crippen LogP contribution in [0.15, 0.2) is 29.8 Å². The van der Waals surface area contributed by atoms with Crippen LogP contribution in [0.2, 0.25) is 0 Å². The molecule has 0 unspecified atom stereocenters. The van der Waals surface area contributed by atoms with Gasteiger partial charge in [-0.15, -0.1) is 0 Å². The molecule has 0 radical (unpaired) electrons. The summed E-state index contributed by atoms with van der Waals surface area (Å²) < 4.78 is 33.8. The van der Waals surface area contributed by atoms with Crippen molar-refractivity contribution in [2.75, 3.05) is 5.32 Å². The molecule has 1 heterocycles. The Hall–Kier alpha value is -3.47. The second-order valence-electron chi connectivity index (χ2n) is 6.81. The van der Waals surface area contributed by atoms with Crippen LogP contribution in [0.5, 0.6) is 0 Å². The van der Waals surface area contributed by atoms with Crippen molar-refractivity contribution in [3.05, 3.63) is 58.4 Å². The molecular formula is C22H23F2N3O3. The highest BCUT2D eigenvalue weighted by Crippen LogP contribution is 2.20. The predicted molar refractivity (Wildman–Crippen MR) is 108 cm³/mol. The van der Waals surface area contributed by atoms with Crippen molar-refractivity contribution in [1.29, 1.82) is 5.26 Å². The highest BCUT2D eigenvalue weighted by atomic mass is 19.1. The molecule has 1 aromatic carbocycles. The summed E-state index contributed by atoms with van der Waals surface area (Å²) in [4.78, 5) is 24.5. The summed E-state index contributed by atoms with van der Waals surface area (Å²) >= 11 is 0. The fourth-order valence-corrected chi connectivity index (χ4v) is 2.94. The van der Waals surface area contributed by atoms with Crippen molar-refractivity contribution in [1.82, 2.24) is 4.57 Å². The molecule has 0 aliphatic rings. The highest BCUT2D eigenvalue weighted by Gasteiger charge is 2.22. The quantitative estimate of drug-likeness (QED) is 0.416. The maximum absolute atomic E-state index is 13.7. The van der Waals surface area contributed by atoms with Crippen LogP contribution >= 0.6 is 0 Å². The van der Waals surface area contributed by atoms with E-state index in [1.54, 1.807) is 6.07 Å². The molecule has 30 heavy (non-hydrogen) atoms. The van der Waals surface area contributed by atoms with E-state index < -0.39 is 29.6 Å². The van der Waals surface area contributed by atoms with E-state index in [1.807, 2.05) is 19.9 Å². The van der Waals surface area contributed by atoms with E-state index in [9.17, 15) is 23.6 Å². The van der Waals surface area contributed by atoms with Crippen molar-refractivity contribution in [3.8, 4) is 6.07 Å². The normalized spacial score (nSPS) is 12.2. The first-order valence-electron chi connectivity index (χ1n) is 9.43. The molecule has 1 atom stereocenters. The molecule has 0 saturated carbocycles. The van der Waals surface area contributed by atoms with Gasteiger partial charge < -0.3 is 14.6 Å². The van der Waals surface area contributed by atoms with Gasteiger partial charge in [0.2, 0.25) is 0 Å². The number of nitrogens with one attached hydrogen (secondary N) is 1. The second kappa shape index (κ2) is 9.83. The summed E-state index contributed by atoms with van der Waals surface area (Å²) in [6.07, 6.45) is 1.06. The zero-order chi connectivity index (χ0) is 22.4. The summed E-state index contributed by atoms with van der Waals surface area (Å²) in [5, 5.41) is 11.6. The lowest BCUT2D eigenvalue weighted by Crippen LogP contribution is -2.30. The Morgan fingerprint density at radius 2 is 2.00 bits per heavy atom. The third-order valence-corrected chi connectivity index (χ3v) is 4.54. The van der Waals surface area contributed by atoms with Gasteiger partial charge in [-0.1, -0.05) is 6.92 Å². The fraction of sp³-hybridized carbons (Fsp3) is 0.318. The number of halogens is 2. The molecule has 0 aliphatic carbocycles. The second-order valence-corrected chi connectivity index (χ2v) is 6.81. The molecule has 1 N–H and O–H groups in total. The van der Waals surface area contributed by atoms with Gasteiger partial charge >= 0.3 is 5.97 Å². The Labute approximate surface area is 173 Å². The van der Waals surface area contributed by atoms with E-state index in [1.165, 1.54) is 13.0 Å². The number of rotatable bonds is 7. The summed E-state index contributed by atoms with van der Waals surface area (Å²) in [5.41, 5.74) is 2.11. The molecule has 158 valence electrons. The first-order chi connectivity index (χ1) is 14.2. The molecule has 0 bridgehead atoms. The van der Waals surface area contributed by atoms with Crippen LogP contribution in [0.25, 0.3) is 6.08 Å². The van der Waals surface area contributed by atoms with Crippen molar-refractivity contribution < 1.29 is 23.1 Å². The van der Waals surface area contributed by atoms with Crippen LogP contribution in [0.4, 0.5) is 14.5 Å². The minimum absolute atomic E-state index is 0.247. The summed E-state index contributed by atoms with van der Waals surface area (Å²) in [5.74, 6) is -3.53. The number of aryl methyl sites for hydroxylation is 1. The van der Waals surface area contributed by atoms with Gasteiger partial charge in [0.15, 0.2) is 6.10 Å². The topological polar surface area (TPSA) is 84.1 Å². The molecule has 2 rings (SSSR count). The van der Waals surface area contributed by atoms with Crippen molar-refractivity contribution in [2.45, 2.75) is 46.8 Å². The maximum Gasteiger partial charge on any atom is 0.349 e. The lowest BCUT2D eigenvalue weighted by molar-refractivity contribution is -0.148. The fourth-order valence-electron chi connectivity index (χ4n) is 2.94. The van der Waals surface area contributed by atoms with Crippen LogP contribution in [0.3, 0.4) is 0 Å². The standard InChI is InChI=1S/C22H23F2N3O3/c1-5-8-27-13(2)9-16(14(27)3)10-17(12-25)22(29)30-15(4)21(28)26-20-7-6-18(23)11-19(20)24/h6-7,9-11,15H,5,8H2,1-4H3,(H,26,28)/b17-10+/t15-/m0/s1. The Balaban J connectivity index is 2.12. The average molecular weight is 415 g/mol. The van der Waals surface area contributed by atoms with E-state index in [0.717, 1.165) is 36.5 Å². The number of nitrogens with zero attached hydrogens (tertiary/aromatic N) is 2. The van der Waals surface area contributed by atoms with Gasteiger partial charge in [-0.05, 0) is 57.0 Å². The van der Waals surface area contributed by atoms with Crippen molar-refractivity contribution in [3.63, 3.8) is 0 Å². The summed E-state index contributed by atoms with van der Waals surface area (Å²) in [6, 6.07) is 6.32. The molecule has 2 aromatic rings. The number of esters is 1. The molecule has 8 heteroatoms. The Morgan fingerprint density at radius 1 is 1.30 bits per heavy atom. The maximum atomic E-state index is 13.7. The smallest absolute Gasteiger partial charge is 0.349 e. The van der Waals surface area contributed by atoms with Crippen LogP contribution in [0, 0.1) is 36.8 Å². The summed E-state index contributed by atoms with van der Waals surface area (Å²) in [6.45, 7) is 7.98. The van der Waals surface area contributed by atoms with Gasteiger partial charge in [0.25, 0.3) is 5.91 Å². The zero-order valence-corrected chi connectivity index (χ0v) is 17.3. The van der Waals surface area contributed by atoms with Crippen LogP contribution in [-0.4, -0.2) is 22.5 Å². The minimum Gasteiger partial charge on any atom is -0.448 e. The lowest BCUT2D eigenvalue weighted by atomic mass is 10.1. The van der Waals surface area contributed by atoms with Crippen LogP contribution < -0.4 is 5.32 Å². The number of aromatic nitrogens is 1. The Morgan fingerprint density at radius 3 is 2.60 bits per heavy atom. The number of ether oxygens (including phenoxy) is 1. The number of nitriles is 1. The largest absolute Gasteiger partial charge is 0.448 e. The predicted octanol–water partition coefficient (Wildman–Crippen LogP) is 4.27. The van der Waals surface area contributed by atoms with Crippen LogP contribution in [0.1, 0.15) is 37.2 Å². The Kier molecular flexibility index (Phi) is 7.48. The van der Waals surface area contributed by atoms with E-state index >= 15 is 0 Å². The van der Waals surface area contributed by atoms with Gasteiger partial charge in [-0.25, -0.2) is 13.6 Å². The van der Waals surface area contributed by atoms with E-state index in [-0.39, 0.29) is 11.3 Å². The van der Waals surface area contributed by atoms with Crippen molar-refractivity contribution in [2.24, 2.45) is 0 Å². The molecular weight excluding hydrogens is 392 g/mol. The number of hydrogen-bond acceptors (Lipinski definition) is 4. The number of anilines is 1. The third-order valence-electron chi connectivity index (χ3n) is 4.54. The molecule has 1 aromatic heterocycles. The number of hydrogen-bond donors (Lipinski definition) is 1. The number of amides is 1. The van der Waals surface area contributed by atoms with Gasteiger partial charge in [0, 0.05) is 24.0 Å². The number of carbonyl (C=O) groups excluding carboxylic acids is 2. The van der Waals surface area contributed by atoms with Crippen LogP contribution in [-0.2, 0) is 20.9 Å². The first-order valence-corrected chi connectivity index (χ1v) is 9.43. The molecule has 0 fully saturated rings. The van der Waals surface area contributed by atoms with E-state index in [2.05, 4.69) is 16.8 Å². The van der Waals surface area contributed by atoms with Gasteiger partial charge in [0.1, 0.15) is 23.3 Å². The van der Waals surface area contributed by atoms with E-state index in [4.69, 9.17) is 4.74 Å². The van der Waals surface area contributed by atoms with Crippen molar-refractivity contribution >= 4 is 23.6 Å². The van der Waals surface area contributed by atoms with E-state index in [0.29, 0.717) is 11.6 Å². The third kappa shape index (κ3) is 5.32.